The Hall–Kier alpha value is -6.95. The van der Waals surface area contributed by atoms with Gasteiger partial charge < -0.3 is 29.9 Å². The average molecular weight is 969 g/mol. The van der Waals surface area contributed by atoms with Crippen LogP contribution in [0.15, 0.2) is 97.6 Å². The van der Waals surface area contributed by atoms with Gasteiger partial charge in [-0.2, -0.15) is 31.3 Å². The second kappa shape index (κ2) is 23.9. The molecule has 0 spiro atoms. The van der Waals surface area contributed by atoms with Crippen LogP contribution < -0.4 is 31.7 Å². The number of pyridine rings is 2. The number of benzene rings is 2. The number of ether oxygens (including phenoxy) is 2. The highest BCUT2D eigenvalue weighted by Gasteiger charge is 2.31. The molecule has 0 saturated carbocycles. The maximum atomic E-state index is 14.2. The van der Waals surface area contributed by atoms with E-state index in [0.717, 1.165) is 41.7 Å². The number of alkyl halides is 6. The van der Waals surface area contributed by atoms with Gasteiger partial charge in [-0.1, -0.05) is 30.3 Å². The molecule has 23 heteroatoms. The van der Waals surface area contributed by atoms with Crippen molar-refractivity contribution in [1.82, 2.24) is 35.2 Å². The van der Waals surface area contributed by atoms with Crippen LogP contribution in [0.5, 0.6) is 0 Å². The molecule has 8 rings (SSSR count). The first-order valence-electron chi connectivity index (χ1n) is 21.4. The number of nitrogens with one attached hydrogen (secondary N) is 3. The molecule has 5 N–H and O–H groups in total. The third-order valence-corrected chi connectivity index (χ3v) is 10.4. The number of hydrogen-bond acceptors (Lipinski definition) is 15. The van der Waals surface area contributed by atoms with Gasteiger partial charge in [0.1, 0.15) is 11.5 Å². The number of aromatic nitrogens is 6. The number of morpholine rings is 2. The van der Waals surface area contributed by atoms with Crippen molar-refractivity contribution >= 4 is 34.7 Å². The number of nitrogen functional groups attached to an aromatic ring is 1. The highest BCUT2D eigenvalue weighted by molar-refractivity contribution is 5.92. The molecule has 2 saturated heterocycles. The molecule has 1 unspecified atom stereocenters. The van der Waals surface area contributed by atoms with Gasteiger partial charge in [0.25, 0.3) is 0 Å². The maximum Gasteiger partial charge on any atom is 0.416 e. The number of ketones is 1. The molecule has 366 valence electrons. The van der Waals surface area contributed by atoms with Gasteiger partial charge in [-0.15, -0.1) is 0 Å². The van der Waals surface area contributed by atoms with E-state index in [-0.39, 0.29) is 29.4 Å². The summed E-state index contributed by atoms with van der Waals surface area (Å²) in [5, 5.41) is 6.19. The molecule has 0 amide bonds. The molecule has 6 heterocycles. The van der Waals surface area contributed by atoms with Gasteiger partial charge in [-0.25, -0.2) is 29.6 Å². The van der Waals surface area contributed by atoms with Crippen molar-refractivity contribution in [2.24, 2.45) is 5.84 Å². The fourth-order valence-corrected chi connectivity index (χ4v) is 6.76. The standard InChI is InChI=1S/C23H24F4N6O.C15H12F3NO.C8H12FN5O/c1-15(28-14-21-30-13-19(24)22(32-21)33-7-9-34-10-8-33)20-6-5-18(12-29-20)31-17-4-2-3-16(11-17)23(25,26)27;1-10(20)14-6-5-12(9-19-14)7-11-3-2-4-13(8-11)15(16,17)18;9-6-5-11-8(13-10)12-7(6)14-1-3-15-4-2-14/h2-6,11-13,15,28,31H,7-10,14H2,1H3;2-6,8-9H,7H2,1H3;5H,1-4,10H2,(H,11,12,13). The zero-order valence-corrected chi connectivity index (χ0v) is 37.3. The van der Waals surface area contributed by atoms with Crippen LogP contribution in [-0.2, 0) is 34.8 Å². The number of rotatable bonds is 12. The van der Waals surface area contributed by atoms with Crippen LogP contribution in [-0.4, -0.2) is 88.3 Å². The number of halogens is 8. The first kappa shape index (κ1) is 51.4. The van der Waals surface area contributed by atoms with E-state index in [0.29, 0.717) is 94.0 Å². The third kappa shape index (κ3) is 15.3. The van der Waals surface area contributed by atoms with E-state index >= 15 is 0 Å². The van der Waals surface area contributed by atoms with Crippen molar-refractivity contribution in [3.05, 3.63) is 149 Å². The number of hydrogen-bond donors (Lipinski definition) is 4. The third-order valence-electron chi connectivity index (χ3n) is 10.4. The predicted octanol–water partition coefficient (Wildman–Crippen LogP) is 8.09. The van der Waals surface area contributed by atoms with Crippen LogP contribution in [0, 0.1) is 11.6 Å². The van der Waals surface area contributed by atoms with Crippen LogP contribution in [0.4, 0.5) is 64.1 Å². The molecule has 0 aliphatic carbocycles. The summed E-state index contributed by atoms with van der Waals surface area (Å²) in [7, 11) is 0. The van der Waals surface area contributed by atoms with Crippen molar-refractivity contribution in [2.75, 3.05) is 73.1 Å². The highest BCUT2D eigenvalue weighted by Crippen LogP contribution is 2.32. The van der Waals surface area contributed by atoms with Crippen LogP contribution >= 0.6 is 0 Å². The quantitative estimate of drug-likeness (QED) is 0.0400. The first-order valence-corrected chi connectivity index (χ1v) is 21.4. The number of nitrogens with two attached hydrogens (primary N) is 1. The van der Waals surface area contributed by atoms with Crippen LogP contribution in [0.2, 0.25) is 0 Å². The second-order valence-electron chi connectivity index (χ2n) is 15.4. The fraction of sp³-hybridized carbons (Fsp3) is 0.326. The largest absolute Gasteiger partial charge is 0.416 e. The van der Waals surface area contributed by atoms with E-state index in [1.54, 1.807) is 47.5 Å². The Balaban J connectivity index is 0.000000188. The van der Waals surface area contributed by atoms with Crippen LogP contribution in [0.1, 0.15) is 64.1 Å². The summed E-state index contributed by atoms with van der Waals surface area (Å²) in [5.74, 6) is 5.30. The Bertz CT molecular complexity index is 2600. The van der Waals surface area contributed by atoms with Crippen LogP contribution in [0.25, 0.3) is 0 Å². The molecule has 2 aromatic carbocycles. The summed E-state index contributed by atoms with van der Waals surface area (Å²) < 4.78 is 115. The molecule has 1 atom stereocenters. The Labute approximate surface area is 391 Å². The number of carbonyl (C=O) groups excluding carboxylic acids is 1. The van der Waals surface area contributed by atoms with Gasteiger partial charge in [-0.05, 0) is 66.9 Å². The Kier molecular flexibility index (Phi) is 17.8. The van der Waals surface area contributed by atoms with Gasteiger partial charge in [0.05, 0.1) is 74.1 Å². The lowest BCUT2D eigenvalue weighted by Crippen LogP contribution is -2.37. The van der Waals surface area contributed by atoms with Crippen molar-refractivity contribution in [3.8, 4) is 0 Å². The zero-order valence-electron chi connectivity index (χ0n) is 37.3. The van der Waals surface area contributed by atoms with Crippen molar-refractivity contribution in [2.45, 2.75) is 45.2 Å². The smallest absolute Gasteiger partial charge is 0.378 e. The fourth-order valence-electron chi connectivity index (χ4n) is 6.76. The lowest BCUT2D eigenvalue weighted by atomic mass is 10.0. The zero-order chi connectivity index (χ0) is 49.6. The van der Waals surface area contributed by atoms with Crippen molar-refractivity contribution < 1.29 is 49.4 Å². The number of anilines is 5. The van der Waals surface area contributed by atoms with Crippen molar-refractivity contribution in [1.29, 1.82) is 0 Å². The summed E-state index contributed by atoms with van der Waals surface area (Å²) in [5.41, 5.74) is 4.17. The van der Waals surface area contributed by atoms with E-state index in [1.807, 2.05) is 11.8 Å². The minimum atomic E-state index is -4.40. The average Bonchev–Trinajstić information content (AvgIpc) is 3.35. The van der Waals surface area contributed by atoms with Gasteiger partial charge in [0.15, 0.2) is 29.1 Å². The summed E-state index contributed by atoms with van der Waals surface area (Å²) in [6.45, 7) is 8.23. The minimum Gasteiger partial charge on any atom is -0.378 e. The molecule has 0 radical (unpaired) electrons. The summed E-state index contributed by atoms with van der Waals surface area (Å²) >= 11 is 0. The number of carbonyl (C=O) groups is 1. The summed E-state index contributed by atoms with van der Waals surface area (Å²) in [6.07, 6.45) is -3.06. The van der Waals surface area contributed by atoms with E-state index in [4.69, 9.17) is 15.3 Å². The van der Waals surface area contributed by atoms with E-state index in [2.05, 4.69) is 46.0 Å². The van der Waals surface area contributed by atoms with Gasteiger partial charge in [0.2, 0.25) is 5.95 Å². The molecule has 0 bridgehead atoms. The maximum absolute atomic E-state index is 14.2. The molecule has 15 nitrogen and oxygen atoms in total. The summed E-state index contributed by atoms with van der Waals surface area (Å²) in [4.78, 5) is 39.2. The molecular formula is C46H48F8N12O3. The topological polar surface area (TPSA) is 181 Å². The Morgan fingerprint density at radius 3 is 1.87 bits per heavy atom. The molecule has 6 aromatic rings. The molecule has 2 fully saturated rings. The normalized spacial score (nSPS) is 14.4. The van der Waals surface area contributed by atoms with Gasteiger partial charge in [-0.3, -0.25) is 20.2 Å². The molecule has 2 aliphatic heterocycles. The number of hydrazine groups is 1. The SMILES string of the molecule is CC(=O)c1ccc(Cc2cccc(C(F)(F)F)c2)cn1.CC(NCc1ncc(F)c(N2CCOCC2)n1)c1ccc(Nc2cccc(C(F)(F)F)c2)cn1.NNc1ncc(F)c(N2CCOCC2)n1. The molecule has 69 heavy (non-hydrogen) atoms. The summed E-state index contributed by atoms with van der Waals surface area (Å²) in [6, 6.07) is 16.8. The Morgan fingerprint density at radius 1 is 0.696 bits per heavy atom. The lowest BCUT2D eigenvalue weighted by Gasteiger charge is -2.28. The van der Waals surface area contributed by atoms with Gasteiger partial charge >= 0.3 is 12.4 Å². The highest BCUT2D eigenvalue weighted by atomic mass is 19.4. The first-order chi connectivity index (χ1) is 33.0. The molecule has 2 aliphatic rings. The molecule has 4 aromatic heterocycles. The minimum absolute atomic E-state index is 0.143. The monoisotopic (exact) mass is 968 g/mol. The van der Waals surface area contributed by atoms with E-state index < -0.39 is 35.1 Å². The van der Waals surface area contributed by atoms with Crippen LogP contribution in [0.3, 0.4) is 0 Å². The lowest BCUT2D eigenvalue weighted by molar-refractivity contribution is -0.138. The van der Waals surface area contributed by atoms with E-state index in [1.165, 1.54) is 31.5 Å². The number of nitrogens with zero attached hydrogens (tertiary/aromatic N) is 8. The second-order valence-corrected chi connectivity index (χ2v) is 15.4. The van der Waals surface area contributed by atoms with Gasteiger partial charge in [0, 0.05) is 51.0 Å². The van der Waals surface area contributed by atoms with Crippen molar-refractivity contribution in [3.63, 3.8) is 0 Å². The predicted molar refractivity (Wildman–Crippen MR) is 241 cm³/mol. The van der Waals surface area contributed by atoms with E-state index in [9.17, 15) is 39.9 Å². The number of Topliss-reactive ketones (excluding diaryl/α,β-unsaturated/α-hetero) is 1. The Morgan fingerprint density at radius 2 is 1.30 bits per heavy atom. The molecular weight excluding hydrogens is 921 g/mol.